The van der Waals surface area contributed by atoms with Crippen molar-refractivity contribution in [1.29, 1.82) is 0 Å². The Morgan fingerprint density at radius 2 is 1.71 bits per heavy atom. The third-order valence-electron chi connectivity index (χ3n) is 6.83. The fourth-order valence-corrected chi connectivity index (χ4v) is 5.62. The molecule has 1 heterocycles. The van der Waals surface area contributed by atoms with Crippen LogP contribution in [0.1, 0.15) is 51.4 Å². The van der Waals surface area contributed by atoms with E-state index in [0.29, 0.717) is 28.2 Å². The Labute approximate surface area is 178 Å². The van der Waals surface area contributed by atoms with Crippen LogP contribution in [0.2, 0.25) is 0 Å². The Balaban J connectivity index is 1.77. The number of phenolic OH excluding ortho intramolecular Hbond substituents is 2. The SMILES string of the molecule is COc1ccc2c(c1O)-c1c(OC)cc(O)c3c1[C@@H]1[C@H](CC3=O)c3ccccc3O[C@@H]21. The van der Waals surface area contributed by atoms with Gasteiger partial charge >= 0.3 is 0 Å². The molecule has 6 nitrogen and oxygen atoms in total. The molecule has 3 atom stereocenters. The molecule has 1 aliphatic heterocycles. The maximum absolute atomic E-state index is 13.2. The molecule has 2 N–H and O–H groups in total. The predicted molar refractivity (Wildman–Crippen MR) is 113 cm³/mol. The molecule has 0 radical (unpaired) electrons. The first kappa shape index (κ1) is 18.1. The van der Waals surface area contributed by atoms with E-state index in [0.717, 1.165) is 16.9 Å². The average Bonchev–Trinajstić information content (AvgIpc) is 2.78. The number of fused-ring (bicyclic) bond motifs is 5. The lowest BCUT2D eigenvalue weighted by Gasteiger charge is -2.47. The average molecular weight is 416 g/mol. The zero-order chi connectivity index (χ0) is 21.4. The molecule has 0 spiro atoms. The molecule has 0 aromatic heterocycles. The van der Waals surface area contributed by atoms with E-state index >= 15 is 0 Å². The predicted octanol–water partition coefficient (Wildman–Crippen LogP) is 4.68. The summed E-state index contributed by atoms with van der Waals surface area (Å²) in [4.78, 5) is 13.2. The number of carbonyl (C=O) groups is 1. The third kappa shape index (κ3) is 2.19. The number of aromatic hydroxyl groups is 2. The minimum absolute atomic E-state index is 0.0401. The van der Waals surface area contributed by atoms with Crippen molar-refractivity contribution < 1.29 is 29.2 Å². The first-order valence-electron chi connectivity index (χ1n) is 10.2. The first-order chi connectivity index (χ1) is 15.0. The van der Waals surface area contributed by atoms with Crippen molar-refractivity contribution in [1.82, 2.24) is 0 Å². The Morgan fingerprint density at radius 1 is 0.935 bits per heavy atom. The van der Waals surface area contributed by atoms with Crippen LogP contribution in [0.3, 0.4) is 0 Å². The number of ketones is 1. The first-order valence-corrected chi connectivity index (χ1v) is 10.2. The normalized spacial score (nSPS) is 22.0. The fourth-order valence-electron chi connectivity index (χ4n) is 5.62. The van der Waals surface area contributed by atoms with Gasteiger partial charge in [0.2, 0.25) is 0 Å². The van der Waals surface area contributed by atoms with E-state index in [9.17, 15) is 15.0 Å². The second-order valence-corrected chi connectivity index (χ2v) is 8.18. The van der Waals surface area contributed by atoms with E-state index in [4.69, 9.17) is 14.2 Å². The van der Waals surface area contributed by atoms with Gasteiger partial charge in [-0.15, -0.1) is 0 Å². The van der Waals surface area contributed by atoms with Crippen LogP contribution in [0.5, 0.6) is 28.7 Å². The lowest BCUT2D eigenvalue weighted by molar-refractivity contribution is 0.0868. The van der Waals surface area contributed by atoms with Crippen LogP contribution < -0.4 is 14.2 Å². The van der Waals surface area contributed by atoms with Gasteiger partial charge in [0.05, 0.1) is 19.8 Å². The molecule has 0 amide bonds. The van der Waals surface area contributed by atoms with Gasteiger partial charge in [-0.3, -0.25) is 4.79 Å². The Bertz CT molecular complexity index is 1280. The number of methoxy groups -OCH3 is 2. The summed E-state index contributed by atoms with van der Waals surface area (Å²) in [6.45, 7) is 0. The fraction of sp³-hybridized carbons (Fsp3) is 0.240. The van der Waals surface area contributed by atoms with Gasteiger partial charge in [-0.2, -0.15) is 0 Å². The van der Waals surface area contributed by atoms with Gasteiger partial charge in [-0.1, -0.05) is 24.3 Å². The maximum Gasteiger partial charge on any atom is 0.167 e. The number of carbonyl (C=O) groups excluding carboxylic acids is 1. The summed E-state index contributed by atoms with van der Waals surface area (Å²) in [5, 5.41) is 21.9. The minimum atomic E-state index is -0.419. The highest BCUT2D eigenvalue weighted by Crippen LogP contribution is 2.65. The van der Waals surface area contributed by atoms with Gasteiger partial charge in [0.1, 0.15) is 23.4 Å². The van der Waals surface area contributed by atoms with E-state index in [-0.39, 0.29) is 41.1 Å². The molecule has 2 aliphatic carbocycles. The summed E-state index contributed by atoms with van der Waals surface area (Å²) >= 11 is 0. The molecule has 6 rings (SSSR count). The number of rotatable bonds is 2. The lowest BCUT2D eigenvalue weighted by atomic mass is 9.61. The monoisotopic (exact) mass is 416 g/mol. The van der Waals surface area contributed by atoms with Gasteiger partial charge in [0.25, 0.3) is 0 Å². The van der Waals surface area contributed by atoms with Crippen molar-refractivity contribution in [3.8, 4) is 39.9 Å². The standard InChI is InChI=1S/C25H20O6/c1-29-17-8-7-12-19(24(17)28)22-18(30-2)10-15(27)21-14(26)9-13-11-5-3-4-6-16(11)31-25(12)20(13)23(21)22/h3-8,10,13,20,25,27-28H,9H2,1-2H3/t13-,20+,25+/m1/s1. The van der Waals surface area contributed by atoms with E-state index in [2.05, 4.69) is 0 Å². The quantitative estimate of drug-likeness (QED) is 0.631. The number of ether oxygens (including phenoxy) is 3. The van der Waals surface area contributed by atoms with Crippen LogP contribution in [0.15, 0.2) is 42.5 Å². The van der Waals surface area contributed by atoms with Crippen LogP contribution in [-0.4, -0.2) is 30.2 Å². The highest BCUT2D eigenvalue weighted by molar-refractivity contribution is 6.06. The minimum Gasteiger partial charge on any atom is -0.507 e. The van der Waals surface area contributed by atoms with Crippen LogP contribution >= 0.6 is 0 Å². The highest BCUT2D eigenvalue weighted by Gasteiger charge is 2.51. The van der Waals surface area contributed by atoms with Crippen LogP contribution in [-0.2, 0) is 0 Å². The Kier molecular flexibility index (Phi) is 3.61. The van der Waals surface area contributed by atoms with Crippen molar-refractivity contribution in [2.24, 2.45) is 0 Å². The number of phenols is 2. The zero-order valence-corrected chi connectivity index (χ0v) is 17.0. The lowest BCUT2D eigenvalue weighted by Crippen LogP contribution is -2.37. The molecule has 156 valence electrons. The molecule has 0 unspecified atom stereocenters. The highest BCUT2D eigenvalue weighted by atomic mass is 16.5. The third-order valence-corrected chi connectivity index (χ3v) is 6.83. The summed E-state index contributed by atoms with van der Waals surface area (Å²) < 4.78 is 17.4. The van der Waals surface area contributed by atoms with Gasteiger partial charge in [0.15, 0.2) is 17.3 Å². The van der Waals surface area contributed by atoms with E-state index < -0.39 is 6.10 Å². The molecule has 0 bridgehead atoms. The second kappa shape index (κ2) is 6.17. The molecule has 31 heavy (non-hydrogen) atoms. The van der Waals surface area contributed by atoms with E-state index in [1.165, 1.54) is 20.3 Å². The number of benzene rings is 3. The molecule has 3 aliphatic rings. The van der Waals surface area contributed by atoms with Gasteiger partial charge < -0.3 is 24.4 Å². The van der Waals surface area contributed by atoms with Crippen molar-refractivity contribution in [2.45, 2.75) is 24.4 Å². The molecule has 3 aromatic carbocycles. The Morgan fingerprint density at radius 3 is 2.48 bits per heavy atom. The van der Waals surface area contributed by atoms with Crippen LogP contribution in [0, 0.1) is 0 Å². The van der Waals surface area contributed by atoms with E-state index in [1.54, 1.807) is 6.07 Å². The van der Waals surface area contributed by atoms with Gasteiger partial charge in [-0.05, 0) is 23.3 Å². The number of hydrogen-bond acceptors (Lipinski definition) is 6. The van der Waals surface area contributed by atoms with Crippen LogP contribution in [0.4, 0.5) is 0 Å². The molecule has 0 fully saturated rings. The van der Waals surface area contributed by atoms with Crippen molar-refractivity contribution in [3.63, 3.8) is 0 Å². The maximum atomic E-state index is 13.2. The summed E-state index contributed by atoms with van der Waals surface area (Å²) in [7, 11) is 3.00. The molecular formula is C25H20O6. The molecule has 0 saturated heterocycles. The summed E-state index contributed by atoms with van der Waals surface area (Å²) in [6.07, 6.45) is -0.136. The van der Waals surface area contributed by atoms with Crippen molar-refractivity contribution in [3.05, 3.63) is 64.7 Å². The Hall–Kier alpha value is -3.67. The van der Waals surface area contributed by atoms with Crippen molar-refractivity contribution >= 4 is 5.78 Å². The van der Waals surface area contributed by atoms with E-state index in [1.807, 2.05) is 30.3 Å². The van der Waals surface area contributed by atoms with Gasteiger partial charge in [-0.25, -0.2) is 0 Å². The number of para-hydroxylation sites is 1. The second-order valence-electron chi connectivity index (χ2n) is 8.18. The summed E-state index contributed by atoms with van der Waals surface area (Å²) in [5.41, 5.74) is 3.88. The van der Waals surface area contributed by atoms with Crippen LogP contribution in [0.25, 0.3) is 11.1 Å². The number of hydrogen-bond donors (Lipinski definition) is 2. The smallest absolute Gasteiger partial charge is 0.167 e. The van der Waals surface area contributed by atoms with Gasteiger partial charge in [0, 0.05) is 41.0 Å². The molecular weight excluding hydrogens is 396 g/mol. The summed E-state index contributed by atoms with van der Waals surface area (Å²) in [5.74, 6) is 0.879. The molecule has 6 heteroatoms. The molecule has 0 saturated carbocycles. The number of Topliss-reactive ketones (excluding diaryl/α,β-unsaturated/α-hetero) is 1. The largest absolute Gasteiger partial charge is 0.507 e. The zero-order valence-electron chi connectivity index (χ0n) is 17.0. The van der Waals surface area contributed by atoms with Crippen molar-refractivity contribution in [2.75, 3.05) is 14.2 Å². The summed E-state index contributed by atoms with van der Waals surface area (Å²) in [6, 6.07) is 12.8. The topological polar surface area (TPSA) is 85.2 Å². The molecule has 3 aromatic rings.